The molecule has 2 aromatic rings. The van der Waals surface area contributed by atoms with Crippen molar-refractivity contribution in [2.24, 2.45) is 0 Å². The molecule has 1 heterocycles. The second-order valence-corrected chi connectivity index (χ2v) is 4.52. The average molecular weight is 277 g/mol. The maximum Gasteiger partial charge on any atom is 0.266 e. The Hall–Kier alpha value is -3.06. The second kappa shape index (κ2) is 4.80. The number of benzene rings is 2. The zero-order chi connectivity index (χ0) is 15.0. The fourth-order valence-electron chi connectivity index (χ4n) is 2.37. The number of rotatable bonds is 2. The maximum absolute atomic E-state index is 12.4. The van der Waals surface area contributed by atoms with Gasteiger partial charge in [0.25, 0.3) is 11.8 Å². The first-order valence-electron chi connectivity index (χ1n) is 6.30. The summed E-state index contributed by atoms with van der Waals surface area (Å²) in [7, 11) is 1.51. The number of hydrogen-bond acceptors (Lipinski definition) is 3. The van der Waals surface area contributed by atoms with E-state index in [0.29, 0.717) is 28.1 Å². The first-order valence-corrected chi connectivity index (χ1v) is 6.30. The number of nitrogens with zero attached hydrogens (tertiary/aromatic N) is 1. The van der Waals surface area contributed by atoms with E-state index in [0.717, 1.165) is 4.90 Å². The first-order chi connectivity index (χ1) is 10.2. The van der Waals surface area contributed by atoms with Crippen LogP contribution in [-0.2, 0) is 0 Å². The third kappa shape index (κ3) is 1.87. The van der Waals surface area contributed by atoms with E-state index in [4.69, 9.17) is 11.2 Å². The van der Waals surface area contributed by atoms with Crippen LogP contribution in [-0.4, -0.2) is 18.9 Å². The number of carbonyl (C=O) groups is 2. The number of ether oxygens (including phenoxy) is 1. The molecule has 0 N–H and O–H groups in total. The van der Waals surface area contributed by atoms with E-state index in [9.17, 15) is 9.59 Å². The summed E-state index contributed by atoms with van der Waals surface area (Å²) in [6.45, 7) is 0. The lowest BCUT2D eigenvalue weighted by molar-refractivity contribution is 0.0926. The van der Waals surface area contributed by atoms with Crippen LogP contribution in [0.25, 0.3) is 0 Å². The van der Waals surface area contributed by atoms with E-state index in [1.807, 2.05) is 0 Å². The number of terminal acetylenes is 1. The molecule has 2 amide bonds. The molecule has 2 aromatic carbocycles. The zero-order valence-corrected chi connectivity index (χ0v) is 11.3. The Morgan fingerprint density at radius 3 is 2.19 bits per heavy atom. The van der Waals surface area contributed by atoms with Gasteiger partial charge in [-0.3, -0.25) is 9.59 Å². The van der Waals surface area contributed by atoms with Gasteiger partial charge in [-0.1, -0.05) is 18.1 Å². The Balaban J connectivity index is 2.10. The monoisotopic (exact) mass is 277 g/mol. The maximum atomic E-state index is 12.4. The van der Waals surface area contributed by atoms with Gasteiger partial charge in [-0.2, -0.15) is 0 Å². The summed E-state index contributed by atoms with van der Waals surface area (Å²) in [4.78, 5) is 25.9. The molecule has 0 atom stereocenters. The lowest BCUT2D eigenvalue weighted by Gasteiger charge is -2.15. The standard InChI is InChI=1S/C17H11NO3/c1-3-11-10-12(8-9-15(11)21-2)18-16(19)13-6-4-5-7-14(13)17(18)20/h1,4-10H,2H3. The fraction of sp³-hybridized carbons (Fsp3) is 0.0588. The molecule has 1 aliphatic rings. The fourth-order valence-corrected chi connectivity index (χ4v) is 2.37. The van der Waals surface area contributed by atoms with E-state index in [2.05, 4.69) is 5.92 Å². The summed E-state index contributed by atoms with van der Waals surface area (Å²) >= 11 is 0. The number of carbonyl (C=O) groups excluding carboxylic acids is 2. The van der Waals surface area contributed by atoms with Gasteiger partial charge in [0.1, 0.15) is 5.75 Å². The summed E-state index contributed by atoms with van der Waals surface area (Å²) in [5, 5.41) is 0. The SMILES string of the molecule is C#Cc1cc(N2C(=O)c3ccccc3C2=O)ccc1OC. The number of methoxy groups -OCH3 is 1. The minimum absolute atomic E-state index is 0.344. The van der Waals surface area contributed by atoms with Crippen LogP contribution >= 0.6 is 0 Å². The van der Waals surface area contributed by atoms with Gasteiger partial charge in [-0.05, 0) is 30.3 Å². The minimum atomic E-state index is -0.344. The predicted molar refractivity (Wildman–Crippen MR) is 78.5 cm³/mol. The molecule has 102 valence electrons. The van der Waals surface area contributed by atoms with Gasteiger partial charge in [0.15, 0.2) is 0 Å². The van der Waals surface area contributed by atoms with Crippen LogP contribution in [0, 0.1) is 12.3 Å². The van der Waals surface area contributed by atoms with E-state index in [1.165, 1.54) is 7.11 Å². The number of hydrogen-bond donors (Lipinski definition) is 0. The molecule has 3 rings (SSSR count). The number of anilines is 1. The van der Waals surface area contributed by atoms with Crippen molar-refractivity contribution in [3.05, 3.63) is 59.2 Å². The van der Waals surface area contributed by atoms with E-state index in [-0.39, 0.29) is 11.8 Å². The van der Waals surface area contributed by atoms with Crippen LogP contribution in [0.3, 0.4) is 0 Å². The van der Waals surface area contributed by atoms with E-state index in [1.54, 1.807) is 42.5 Å². The first kappa shape index (κ1) is 12.9. The molecular formula is C17H11NO3. The normalized spacial score (nSPS) is 13.0. The lowest BCUT2D eigenvalue weighted by atomic mass is 10.1. The number of amides is 2. The Kier molecular flexibility index (Phi) is 2.96. The van der Waals surface area contributed by atoms with Crippen molar-refractivity contribution in [2.75, 3.05) is 12.0 Å². The van der Waals surface area contributed by atoms with Crippen LogP contribution in [0.5, 0.6) is 5.75 Å². The van der Waals surface area contributed by atoms with Crippen LogP contribution in [0.2, 0.25) is 0 Å². The van der Waals surface area contributed by atoms with E-state index >= 15 is 0 Å². The van der Waals surface area contributed by atoms with Crippen molar-refractivity contribution >= 4 is 17.5 Å². The molecular weight excluding hydrogens is 266 g/mol. The topological polar surface area (TPSA) is 46.6 Å². The summed E-state index contributed by atoms with van der Waals surface area (Å²) in [5.41, 5.74) is 1.74. The molecule has 0 fully saturated rings. The smallest absolute Gasteiger partial charge is 0.266 e. The molecule has 0 saturated heterocycles. The molecule has 0 bridgehead atoms. The molecule has 0 saturated carbocycles. The van der Waals surface area contributed by atoms with Crippen LogP contribution in [0.1, 0.15) is 26.3 Å². The number of imide groups is 1. The highest BCUT2D eigenvalue weighted by molar-refractivity contribution is 6.34. The van der Waals surface area contributed by atoms with E-state index < -0.39 is 0 Å². The molecule has 0 aromatic heterocycles. The van der Waals surface area contributed by atoms with Gasteiger partial charge in [-0.15, -0.1) is 6.42 Å². The average Bonchev–Trinajstić information content (AvgIpc) is 2.78. The van der Waals surface area contributed by atoms with Gasteiger partial charge in [-0.25, -0.2) is 4.90 Å². The molecule has 21 heavy (non-hydrogen) atoms. The van der Waals surface area contributed by atoms with Gasteiger partial charge in [0.2, 0.25) is 0 Å². The van der Waals surface area contributed by atoms with Crippen LogP contribution in [0.4, 0.5) is 5.69 Å². The summed E-state index contributed by atoms with van der Waals surface area (Å²) in [6.07, 6.45) is 5.43. The van der Waals surface area contributed by atoms with Crippen molar-refractivity contribution < 1.29 is 14.3 Å². The highest BCUT2D eigenvalue weighted by Crippen LogP contribution is 2.31. The van der Waals surface area contributed by atoms with Crippen LogP contribution in [0.15, 0.2) is 42.5 Å². The second-order valence-electron chi connectivity index (χ2n) is 4.52. The Labute approximate surface area is 122 Å². The molecule has 0 radical (unpaired) electrons. The van der Waals surface area contributed by atoms with Gasteiger partial charge >= 0.3 is 0 Å². The molecule has 4 nitrogen and oxygen atoms in total. The number of fused-ring (bicyclic) bond motifs is 1. The highest BCUT2D eigenvalue weighted by atomic mass is 16.5. The third-order valence-corrected chi connectivity index (χ3v) is 3.39. The third-order valence-electron chi connectivity index (χ3n) is 3.39. The minimum Gasteiger partial charge on any atom is -0.495 e. The van der Waals surface area contributed by atoms with Crippen LogP contribution < -0.4 is 9.64 Å². The molecule has 1 aliphatic heterocycles. The van der Waals surface area contributed by atoms with Crippen molar-refractivity contribution in [3.63, 3.8) is 0 Å². The van der Waals surface area contributed by atoms with Gasteiger partial charge in [0, 0.05) is 0 Å². The summed E-state index contributed by atoms with van der Waals surface area (Å²) in [5.74, 6) is 2.33. The van der Waals surface area contributed by atoms with Crippen molar-refractivity contribution in [1.82, 2.24) is 0 Å². The Bertz CT molecular complexity index is 767. The molecule has 4 heteroatoms. The molecule has 0 unspecified atom stereocenters. The Morgan fingerprint density at radius 2 is 1.67 bits per heavy atom. The van der Waals surface area contributed by atoms with Gasteiger partial charge in [0.05, 0.1) is 29.5 Å². The molecule has 0 aliphatic carbocycles. The van der Waals surface area contributed by atoms with Crippen molar-refractivity contribution in [2.45, 2.75) is 0 Å². The van der Waals surface area contributed by atoms with Gasteiger partial charge < -0.3 is 4.74 Å². The van der Waals surface area contributed by atoms with Crippen molar-refractivity contribution in [1.29, 1.82) is 0 Å². The predicted octanol–water partition coefficient (Wildman–Crippen LogP) is 2.48. The Morgan fingerprint density at radius 1 is 1.05 bits per heavy atom. The summed E-state index contributed by atoms with van der Waals surface area (Å²) in [6, 6.07) is 11.6. The largest absolute Gasteiger partial charge is 0.495 e. The summed E-state index contributed by atoms with van der Waals surface area (Å²) < 4.78 is 5.14. The quantitative estimate of drug-likeness (QED) is 0.626. The lowest BCUT2D eigenvalue weighted by Crippen LogP contribution is -2.29. The highest BCUT2D eigenvalue weighted by Gasteiger charge is 2.36. The van der Waals surface area contributed by atoms with Crippen molar-refractivity contribution in [3.8, 4) is 18.1 Å². The zero-order valence-electron chi connectivity index (χ0n) is 11.3. The molecule has 0 spiro atoms.